The molecule has 0 spiro atoms. The highest BCUT2D eigenvalue weighted by Gasteiger charge is 2.37. The second-order valence-electron chi connectivity index (χ2n) is 10.4. The first kappa shape index (κ1) is 26.5. The van der Waals surface area contributed by atoms with Crippen molar-refractivity contribution in [2.24, 2.45) is 0 Å². The molecule has 3 aromatic rings. The predicted molar refractivity (Wildman–Crippen MR) is 154 cm³/mol. The van der Waals surface area contributed by atoms with Gasteiger partial charge in [-0.25, -0.2) is 9.78 Å². The predicted octanol–water partition coefficient (Wildman–Crippen LogP) is 4.89. The fourth-order valence-electron chi connectivity index (χ4n) is 5.55. The number of aromatic nitrogens is 1. The monoisotopic (exact) mass is 527 g/mol. The summed E-state index contributed by atoms with van der Waals surface area (Å²) in [4.78, 5) is 39.2. The molecule has 2 fully saturated rings. The first-order chi connectivity index (χ1) is 18.9. The minimum atomic E-state index is -0.00660. The summed E-state index contributed by atoms with van der Waals surface area (Å²) in [5.74, 6) is 1.82. The van der Waals surface area contributed by atoms with Gasteiger partial charge in [-0.2, -0.15) is 0 Å². The molecule has 5 rings (SSSR count). The Balaban J connectivity index is 1.22. The Labute approximate surface area is 230 Å². The lowest BCUT2D eigenvalue weighted by Gasteiger charge is -2.36. The Hall–Kier alpha value is -4.07. The number of nitrogens with zero attached hydrogens (tertiary/aromatic N) is 5. The van der Waals surface area contributed by atoms with Gasteiger partial charge in [0.25, 0.3) is 5.91 Å². The standard InChI is InChI=1S/C31H37N5O3/c1-5-26-21-35(20-24-6-12-28(39-4)13-7-24)31(38)36(26)27-10-8-25(9-11-27)30(37)34-16-14-33(15-17-34)29-23(3)18-22(2)19-32-29/h6-13,18-19,26H,5,14-17,20-21H2,1-4H3. The van der Waals surface area contributed by atoms with Crippen molar-refractivity contribution in [3.05, 3.63) is 83.0 Å². The topological polar surface area (TPSA) is 69.2 Å². The number of pyridine rings is 1. The minimum Gasteiger partial charge on any atom is -0.497 e. The largest absolute Gasteiger partial charge is 0.497 e. The van der Waals surface area contributed by atoms with E-state index in [1.165, 1.54) is 0 Å². The number of hydrogen-bond donors (Lipinski definition) is 0. The molecule has 8 nitrogen and oxygen atoms in total. The third-order valence-corrected chi connectivity index (χ3v) is 7.72. The number of anilines is 2. The van der Waals surface area contributed by atoms with Crippen LogP contribution in [0, 0.1) is 13.8 Å². The van der Waals surface area contributed by atoms with Gasteiger partial charge in [0.05, 0.1) is 13.2 Å². The van der Waals surface area contributed by atoms with Crippen molar-refractivity contribution < 1.29 is 14.3 Å². The molecule has 0 N–H and O–H groups in total. The average Bonchev–Trinajstić information content (AvgIpc) is 3.28. The Morgan fingerprint density at radius 3 is 2.31 bits per heavy atom. The van der Waals surface area contributed by atoms with Crippen LogP contribution in [0.3, 0.4) is 0 Å². The molecule has 1 atom stereocenters. The molecule has 3 heterocycles. The fourth-order valence-corrected chi connectivity index (χ4v) is 5.55. The normalized spacial score (nSPS) is 17.6. The Kier molecular flexibility index (Phi) is 7.72. The zero-order chi connectivity index (χ0) is 27.5. The average molecular weight is 528 g/mol. The fraction of sp³-hybridized carbons (Fsp3) is 0.387. The molecule has 2 aromatic carbocycles. The SMILES string of the molecule is CCC1CN(Cc2ccc(OC)cc2)C(=O)N1c1ccc(C(=O)N2CCN(c3ncc(C)cc3C)CC2)cc1. The quantitative estimate of drug-likeness (QED) is 0.438. The number of amides is 3. The molecule has 2 aliphatic rings. The molecule has 1 unspecified atom stereocenters. The molecule has 0 radical (unpaired) electrons. The van der Waals surface area contributed by atoms with Gasteiger partial charge in [0.2, 0.25) is 0 Å². The summed E-state index contributed by atoms with van der Waals surface area (Å²) in [5, 5.41) is 0. The number of methoxy groups -OCH3 is 1. The van der Waals surface area contributed by atoms with Gasteiger partial charge in [-0.1, -0.05) is 25.1 Å². The van der Waals surface area contributed by atoms with E-state index in [1.807, 2.05) is 76.4 Å². The zero-order valence-electron chi connectivity index (χ0n) is 23.3. The summed E-state index contributed by atoms with van der Waals surface area (Å²) in [7, 11) is 1.65. The maximum atomic E-state index is 13.4. The van der Waals surface area contributed by atoms with Crippen LogP contribution >= 0.6 is 0 Å². The van der Waals surface area contributed by atoms with Crippen LogP contribution in [0.1, 0.15) is 40.4 Å². The smallest absolute Gasteiger partial charge is 0.325 e. The van der Waals surface area contributed by atoms with Crippen LogP contribution in [0.4, 0.5) is 16.3 Å². The molecule has 1 aromatic heterocycles. The minimum absolute atomic E-state index is 0.00660. The highest BCUT2D eigenvalue weighted by Crippen LogP contribution is 2.29. The van der Waals surface area contributed by atoms with E-state index in [-0.39, 0.29) is 18.0 Å². The van der Waals surface area contributed by atoms with Crippen LogP contribution < -0.4 is 14.5 Å². The van der Waals surface area contributed by atoms with E-state index in [1.54, 1.807) is 7.11 Å². The van der Waals surface area contributed by atoms with E-state index < -0.39 is 0 Å². The van der Waals surface area contributed by atoms with Crippen LogP contribution in [0.2, 0.25) is 0 Å². The molecule has 39 heavy (non-hydrogen) atoms. The third kappa shape index (κ3) is 5.55. The number of piperazine rings is 1. The lowest BCUT2D eigenvalue weighted by atomic mass is 10.1. The van der Waals surface area contributed by atoms with Crippen LogP contribution in [0.25, 0.3) is 0 Å². The highest BCUT2D eigenvalue weighted by molar-refractivity contribution is 5.97. The van der Waals surface area contributed by atoms with Gasteiger partial charge < -0.3 is 19.4 Å². The molecular weight excluding hydrogens is 490 g/mol. The summed E-state index contributed by atoms with van der Waals surface area (Å²) in [6.07, 6.45) is 2.75. The molecule has 2 saturated heterocycles. The van der Waals surface area contributed by atoms with Crippen molar-refractivity contribution in [1.29, 1.82) is 0 Å². The molecule has 0 saturated carbocycles. The number of carbonyl (C=O) groups excluding carboxylic acids is 2. The van der Waals surface area contributed by atoms with Crippen molar-refractivity contribution >= 4 is 23.4 Å². The van der Waals surface area contributed by atoms with Gasteiger partial charge >= 0.3 is 6.03 Å². The van der Waals surface area contributed by atoms with Crippen LogP contribution in [-0.4, -0.2) is 72.6 Å². The summed E-state index contributed by atoms with van der Waals surface area (Å²) < 4.78 is 5.25. The Morgan fingerprint density at radius 1 is 1.00 bits per heavy atom. The maximum Gasteiger partial charge on any atom is 0.325 e. The summed E-state index contributed by atoms with van der Waals surface area (Å²) >= 11 is 0. The molecule has 2 aliphatic heterocycles. The van der Waals surface area contributed by atoms with Crippen molar-refractivity contribution in [2.75, 3.05) is 49.6 Å². The van der Waals surface area contributed by atoms with Gasteiger partial charge in [-0.3, -0.25) is 9.69 Å². The van der Waals surface area contributed by atoms with Crippen LogP contribution in [-0.2, 0) is 6.54 Å². The lowest BCUT2D eigenvalue weighted by molar-refractivity contribution is 0.0746. The summed E-state index contributed by atoms with van der Waals surface area (Å²) in [5.41, 5.74) is 4.85. The number of carbonyl (C=O) groups is 2. The summed E-state index contributed by atoms with van der Waals surface area (Å²) in [6.45, 7) is 10.3. The number of benzene rings is 2. The maximum absolute atomic E-state index is 13.4. The lowest BCUT2D eigenvalue weighted by Crippen LogP contribution is -2.49. The van der Waals surface area contributed by atoms with Gasteiger partial charge in [-0.05, 0) is 73.4 Å². The second-order valence-corrected chi connectivity index (χ2v) is 10.4. The first-order valence-corrected chi connectivity index (χ1v) is 13.7. The number of hydrogen-bond acceptors (Lipinski definition) is 5. The van der Waals surface area contributed by atoms with Crippen molar-refractivity contribution in [1.82, 2.24) is 14.8 Å². The van der Waals surface area contributed by atoms with Gasteiger partial charge in [0.1, 0.15) is 11.6 Å². The van der Waals surface area contributed by atoms with Crippen molar-refractivity contribution in [2.45, 2.75) is 39.8 Å². The third-order valence-electron chi connectivity index (χ3n) is 7.72. The second kappa shape index (κ2) is 11.4. The van der Waals surface area contributed by atoms with E-state index in [2.05, 4.69) is 29.8 Å². The van der Waals surface area contributed by atoms with E-state index in [0.717, 1.165) is 53.5 Å². The Bertz CT molecular complexity index is 1320. The number of rotatable bonds is 7. The van der Waals surface area contributed by atoms with Crippen molar-refractivity contribution in [3.8, 4) is 5.75 Å². The van der Waals surface area contributed by atoms with Crippen LogP contribution in [0.5, 0.6) is 5.75 Å². The highest BCUT2D eigenvalue weighted by atomic mass is 16.5. The molecule has 3 amide bonds. The van der Waals surface area contributed by atoms with Gasteiger partial charge in [0, 0.05) is 56.7 Å². The van der Waals surface area contributed by atoms with E-state index in [9.17, 15) is 9.59 Å². The van der Waals surface area contributed by atoms with Crippen molar-refractivity contribution in [3.63, 3.8) is 0 Å². The van der Waals surface area contributed by atoms with E-state index >= 15 is 0 Å². The number of urea groups is 1. The Morgan fingerprint density at radius 2 is 1.69 bits per heavy atom. The van der Waals surface area contributed by atoms with Gasteiger partial charge in [0.15, 0.2) is 0 Å². The summed E-state index contributed by atoms with van der Waals surface area (Å²) in [6, 6.07) is 17.6. The molecular formula is C31H37N5O3. The molecule has 0 bridgehead atoms. The number of aryl methyl sites for hydroxylation is 2. The zero-order valence-corrected chi connectivity index (χ0v) is 23.3. The van der Waals surface area contributed by atoms with E-state index in [4.69, 9.17) is 4.74 Å². The molecule has 0 aliphatic carbocycles. The van der Waals surface area contributed by atoms with Crippen LogP contribution in [0.15, 0.2) is 60.8 Å². The van der Waals surface area contributed by atoms with Gasteiger partial charge in [-0.15, -0.1) is 0 Å². The number of ether oxygens (including phenoxy) is 1. The van der Waals surface area contributed by atoms with E-state index in [0.29, 0.717) is 31.7 Å². The first-order valence-electron chi connectivity index (χ1n) is 13.7. The molecule has 8 heteroatoms. The molecule has 204 valence electrons.